The molecular formula is C38H68N4O13P2. The highest BCUT2D eigenvalue weighted by Gasteiger charge is 2.33. The largest absolute Gasteiger partial charge is 0.425 e. The van der Waals surface area contributed by atoms with Crippen LogP contribution in [0.1, 0.15) is 163 Å². The maximum absolute atomic E-state index is 11.8. The van der Waals surface area contributed by atoms with Crippen molar-refractivity contribution in [2.45, 2.75) is 175 Å². The average Bonchev–Trinajstić information content (AvgIpc) is 3.62. The second-order valence-corrected chi connectivity index (χ2v) is 17.8. The molecule has 0 bridgehead atoms. The first kappa shape index (κ1) is 52.2. The van der Waals surface area contributed by atoms with Gasteiger partial charge in [-0.05, 0) is 60.3 Å². The monoisotopic (exact) mass is 850 g/mol. The third kappa shape index (κ3) is 24.7. The maximum atomic E-state index is 11.8. The molecule has 2 heterocycles. The van der Waals surface area contributed by atoms with Crippen LogP contribution in [0.15, 0.2) is 4.99 Å². The van der Waals surface area contributed by atoms with E-state index in [2.05, 4.69) is 37.4 Å². The summed E-state index contributed by atoms with van der Waals surface area (Å²) in [7, 11) is -4.52. The Balaban J connectivity index is 0.000000599. The Labute approximate surface area is 340 Å². The fraction of sp³-hybridized carbons (Fsp3) is 0.816. The predicted octanol–water partition coefficient (Wildman–Crippen LogP) is 7.69. The molecule has 4 amide bonds. The lowest BCUT2D eigenvalue weighted by atomic mass is 10.1. The van der Waals surface area contributed by atoms with Crippen LogP contribution in [0, 0.1) is 0 Å². The van der Waals surface area contributed by atoms with Crippen LogP contribution >= 0.6 is 16.1 Å². The van der Waals surface area contributed by atoms with Gasteiger partial charge in [0.15, 0.2) is 6.40 Å². The van der Waals surface area contributed by atoms with Gasteiger partial charge in [-0.25, -0.2) is 14.3 Å². The number of nitrogens with zero attached hydrogens (tertiary/aromatic N) is 4. The van der Waals surface area contributed by atoms with Gasteiger partial charge in [-0.1, -0.05) is 64.2 Å². The third-order valence-corrected chi connectivity index (χ3v) is 11.3. The Morgan fingerprint density at radius 1 is 0.702 bits per heavy atom. The first-order chi connectivity index (χ1) is 27.1. The van der Waals surface area contributed by atoms with Gasteiger partial charge in [-0.15, -0.1) is 10.1 Å². The lowest BCUT2D eigenvalue weighted by Crippen LogP contribution is -2.33. The standard InChI is InChI=1S/C23H42N3O6P.C15H26NO7P/c1-6-24-18-31-33(26(19(2)3)20(4)5)30-17-13-11-9-7-8-10-12-14-23(29)32-25-21(27)15-16-22(25)28;1-24(20,21)22-12-8-6-4-2-3-5-7-9-15(19)23-16-13(17)10-11-14(16)18/h18-20H,6-17H2,1-5H3;2-12H2,1H3,(H,20,21). The number of hydrogen-bond acceptors (Lipinski definition) is 14. The average molecular weight is 851 g/mol. The third-order valence-electron chi connectivity index (χ3n) is 8.62. The minimum atomic E-state index is -3.35. The van der Waals surface area contributed by atoms with E-state index in [1.54, 1.807) is 0 Å². The molecule has 0 spiro atoms. The molecular weight excluding hydrogens is 782 g/mol. The number of amides is 4. The minimum absolute atomic E-state index is 0.102. The highest BCUT2D eigenvalue weighted by molar-refractivity contribution is 7.51. The van der Waals surface area contributed by atoms with Crippen molar-refractivity contribution < 1.29 is 61.5 Å². The number of rotatable bonds is 30. The van der Waals surface area contributed by atoms with E-state index in [1.807, 2.05) is 6.92 Å². The molecule has 2 atom stereocenters. The second kappa shape index (κ2) is 30.3. The predicted molar refractivity (Wildman–Crippen MR) is 215 cm³/mol. The van der Waals surface area contributed by atoms with Crippen molar-refractivity contribution in [2.75, 3.05) is 26.4 Å². The molecule has 328 valence electrons. The first-order valence-corrected chi connectivity index (χ1v) is 23.7. The normalized spacial score (nSPS) is 16.2. The van der Waals surface area contributed by atoms with E-state index in [4.69, 9.17) is 28.1 Å². The van der Waals surface area contributed by atoms with Crippen molar-refractivity contribution in [2.24, 2.45) is 4.99 Å². The van der Waals surface area contributed by atoms with Crippen molar-refractivity contribution in [1.82, 2.24) is 14.8 Å². The molecule has 2 fully saturated rings. The molecule has 0 aromatic heterocycles. The molecule has 1 N–H and O–H groups in total. The van der Waals surface area contributed by atoms with Gasteiger partial charge >= 0.3 is 28.1 Å². The number of carbonyl (C=O) groups excluding carboxylic acids is 6. The van der Waals surface area contributed by atoms with Crippen LogP contribution in [0.4, 0.5) is 0 Å². The summed E-state index contributed by atoms with van der Waals surface area (Å²) in [4.78, 5) is 91.5. The molecule has 0 aromatic carbocycles. The van der Waals surface area contributed by atoms with E-state index in [9.17, 15) is 33.3 Å². The molecule has 2 rings (SSSR count). The zero-order chi connectivity index (χ0) is 42.6. The van der Waals surface area contributed by atoms with Crippen LogP contribution in [-0.4, -0.2) is 100 Å². The van der Waals surface area contributed by atoms with Crippen LogP contribution in [-0.2, 0) is 56.6 Å². The van der Waals surface area contributed by atoms with E-state index in [1.165, 1.54) is 13.1 Å². The van der Waals surface area contributed by atoms with Gasteiger partial charge in [0.25, 0.3) is 23.6 Å². The Morgan fingerprint density at radius 2 is 1.07 bits per heavy atom. The Hall–Kier alpha value is -2.81. The number of hydrogen-bond donors (Lipinski definition) is 1. The molecule has 0 aromatic rings. The summed E-state index contributed by atoms with van der Waals surface area (Å²) in [6, 6.07) is 0.638. The van der Waals surface area contributed by atoms with Gasteiger partial charge in [0, 0.05) is 63.8 Å². The Kier molecular flexibility index (Phi) is 27.7. The van der Waals surface area contributed by atoms with Crippen LogP contribution in [0.5, 0.6) is 0 Å². The van der Waals surface area contributed by atoms with Crippen molar-refractivity contribution in [3.05, 3.63) is 0 Å². The highest BCUT2D eigenvalue weighted by atomic mass is 31.2. The zero-order valence-electron chi connectivity index (χ0n) is 35.0. The summed E-state index contributed by atoms with van der Waals surface area (Å²) >= 11 is 0. The maximum Gasteiger partial charge on any atom is 0.333 e. The summed E-state index contributed by atoms with van der Waals surface area (Å²) in [6.45, 7) is 13.4. The van der Waals surface area contributed by atoms with Gasteiger partial charge < -0.3 is 28.1 Å². The molecule has 2 aliphatic rings. The number of hydroxylamine groups is 4. The quantitative estimate of drug-likeness (QED) is 0.0242. The van der Waals surface area contributed by atoms with E-state index >= 15 is 0 Å². The fourth-order valence-corrected chi connectivity index (χ4v) is 7.73. The summed E-state index contributed by atoms with van der Waals surface area (Å²) in [5.74, 6) is -2.87. The topological polar surface area (TPSA) is 208 Å². The van der Waals surface area contributed by atoms with Gasteiger partial charge in [0.1, 0.15) is 0 Å². The molecule has 0 aliphatic carbocycles. The molecule has 57 heavy (non-hydrogen) atoms. The molecule has 2 aliphatic heterocycles. The lowest BCUT2D eigenvalue weighted by molar-refractivity contribution is -0.197. The highest BCUT2D eigenvalue weighted by Crippen LogP contribution is 2.45. The second-order valence-electron chi connectivity index (χ2n) is 14.5. The van der Waals surface area contributed by atoms with Crippen molar-refractivity contribution in [3.63, 3.8) is 0 Å². The summed E-state index contributed by atoms with van der Waals surface area (Å²) in [6.07, 6.45) is 15.5. The number of imide groups is 2. The summed E-state index contributed by atoms with van der Waals surface area (Å²) in [5, 5.41) is 1.19. The molecule has 19 heteroatoms. The van der Waals surface area contributed by atoms with Crippen LogP contribution < -0.4 is 0 Å². The minimum Gasteiger partial charge on any atom is -0.425 e. The molecule has 2 saturated heterocycles. The van der Waals surface area contributed by atoms with Gasteiger partial charge in [0.05, 0.1) is 13.2 Å². The van der Waals surface area contributed by atoms with Crippen molar-refractivity contribution in [3.8, 4) is 0 Å². The molecule has 17 nitrogen and oxygen atoms in total. The Bertz CT molecular complexity index is 1270. The summed E-state index contributed by atoms with van der Waals surface area (Å²) < 4.78 is 29.8. The molecule has 0 radical (unpaired) electrons. The van der Waals surface area contributed by atoms with Crippen LogP contribution in [0.25, 0.3) is 0 Å². The number of carbonyl (C=O) groups is 6. The van der Waals surface area contributed by atoms with Gasteiger partial charge in [-0.3, -0.25) is 28.7 Å². The number of aliphatic imine (C=N–C) groups is 1. The van der Waals surface area contributed by atoms with Crippen molar-refractivity contribution in [1.29, 1.82) is 0 Å². The number of unbranched alkanes of at least 4 members (excludes halogenated alkanes) is 12. The van der Waals surface area contributed by atoms with E-state index in [-0.39, 0.29) is 38.5 Å². The van der Waals surface area contributed by atoms with Gasteiger partial charge in [-0.2, -0.15) is 0 Å². The lowest BCUT2D eigenvalue weighted by Gasteiger charge is -2.34. The smallest absolute Gasteiger partial charge is 0.333 e. The fourth-order valence-electron chi connectivity index (χ4n) is 5.77. The SMILES string of the molecule is CCN=COP(OCCCCCCCCCC(=O)ON1C(=O)CCC1=O)N(C(C)C)C(C)C.CP(=O)(O)OCCCCCCCCCC(=O)ON1C(=O)CCC1=O. The van der Waals surface area contributed by atoms with Crippen LogP contribution in [0.3, 0.4) is 0 Å². The van der Waals surface area contributed by atoms with Crippen molar-refractivity contribution >= 4 is 58.1 Å². The van der Waals surface area contributed by atoms with Crippen LogP contribution in [0.2, 0.25) is 0 Å². The van der Waals surface area contributed by atoms with Gasteiger partial charge in [0.2, 0.25) is 0 Å². The van der Waals surface area contributed by atoms with E-state index in [0.29, 0.717) is 54.8 Å². The molecule has 2 unspecified atom stereocenters. The first-order valence-electron chi connectivity index (χ1n) is 20.5. The van der Waals surface area contributed by atoms with E-state index in [0.717, 1.165) is 77.0 Å². The van der Waals surface area contributed by atoms with E-state index < -0.39 is 51.7 Å². The summed E-state index contributed by atoms with van der Waals surface area (Å²) in [5.41, 5.74) is 0. The zero-order valence-corrected chi connectivity index (χ0v) is 36.8. The molecule has 0 saturated carbocycles. The Morgan fingerprint density at radius 3 is 1.44 bits per heavy atom.